The zero-order valence-corrected chi connectivity index (χ0v) is 19.4. The molecule has 1 heterocycles. The predicted molar refractivity (Wildman–Crippen MR) is 127 cm³/mol. The van der Waals surface area contributed by atoms with Crippen molar-refractivity contribution in [2.24, 2.45) is 11.7 Å². The average Bonchev–Trinajstić information content (AvgIpc) is 3.55. The number of phenols is 1. The van der Waals surface area contributed by atoms with Crippen LogP contribution in [0.25, 0.3) is 0 Å². The summed E-state index contributed by atoms with van der Waals surface area (Å²) in [7, 11) is 0. The first-order valence-corrected chi connectivity index (χ1v) is 11.2. The van der Waals surface area contributed by atoms with Crippen LogP contribution in [0, 0.1) is 5.92 Å². The number of hydrogen-bond acceptors (Lipinski definition) is 3. The summed E-state index contributed by atoms with van der Waals surface area (Å²) in [6, 6.07) is 7.14. The molecule has 4 nitrogen and oxygen atoms in total. The summed E-state index contributed by atoms with van der Waals surface area (Å²) in [5.41, 5.74) is 9.14. The summed E-state index contributed by atoms with van der Waals surface area (Å²) in [5.74, 6) is 0.384. The van der Waals surface area contributed by atoms with Crippen LogP contribution in [0.15, 0.2) is 60.3 Å². The molecule has 2 atom stereocenters. The molecule has 4 heteroatoms. The molecule has 30 heavy (non-hydrogen) atoms. The lowest BCUT2D eigenvalue weighted by atomic mass is 9.90. The van der Waals surface area contributed by atoms with Crippen LogP contribution in [0.3, 0.4) is 0 Å². The first kappa shape index (κ1) is 25.5. The van der Waals surface area contributed by atoms with Gasteiger partial charge < -0.3 is 15.7 Å². The molecule has 166 valence electrons. The maximum absolute atomic E-state index is 12.0. The molecule has 3 rings (SSSR count). The number of allylic oxidation sites excluding steroid dienone is 5. The third-order valence-corrected chi connectivity index (χ3v) is 5.20. The zero-order chi connectivity index (χ0) is 22.7. The van der Waals surface area contributed by atoms with Gasteiger partial charge in [-0.05, 0) is 76.5 Å². The second-order valence-electron chi connectivity index (χ2n) is 7.93. The molecule has 1 saturated heterocycles. The van der Waals surface area contributed by atoms with Gasteiger partial charge >= 0.3 is 0 Å². The van der Waals surface area contributed by atoms with Gasteiger partial charge in [0.05, 0.1) is 6.04 Å². The molecule has 2 aliphatic rings. The van der Waals surface area contributed by atoms with Gasteiger partial charge in [-0.2, -0.15) is 0 Å². The Morgan fingerprint density at radius 2 is 1.80 bits per heavy atom. The predicted octanol–water partition coefficient (Wildman–Crippen LogP) is 6.25. The number of primary amides is 1. The smallest absolute Gasteiger partial charge is 0.240 e. The fourth-order valence-electron chi connectivity index (χ4n) is 3.70. The number of amides is 1. The molecule has 1 aliphatic heterocycles. The Morgan fingerprint density at radius 1 is 1.20 bits per heavy atom. The van der Waals surface area contributed by atoms with E-state index in [0.29, 0.717) is 5.92 Å². The van der Waals surface area contributed by atoms with Crippen molar-refractivity contribution in [1.29, 1.82) is 0 Å². The topological polar surface area (TPSA) is 66.6 Å². The van der Waals surface area contributed by atoms with Crippen LogP contribution in [0.2, 0.25) is 0 Å². The normalized spacial score (nSPS) is 19.2. The van der Waals surface area contributed by atoms with Crippen LogP contribution in [0.5, 0.6) is 5.75 Å². The minimum absolute atomic E-state index is 0.130. The van der Waals surface area contributed by atoms with Crippen molar-refractivity contribution >= 4 is 5.91 Å². The third-order valence-electron chi connectivity index (χ3n) is 5.20. The van der Waals surface area contributed by atoms with Gasteiger partial charge in [0.15, 0.2) is 0 Å². The van der Waals surface area contributed by atoms with Gasteiger partial charge in [0.2, 0.25) is 5.91 Å². The molecular weight excluding hydrogens is 372 g/mol. The van der Waals surface area contributed by atoms with E-state index in [0.717, 1.165) is 43.4 Å². The number of likely N-dealkylation sites (tertiary alicyclic amines) is 1. The van der Waals surface area contributed by atoms with Gasteiger partial charge in [-0.1, -0.05) is 56.4 Å². The number of carbonyl (C=O) groups is 1. The van der Waals surface area contributed by atoms with E-state index in [4.69, 9.17) is 5.73 Å². The van der Waals surface area contributed by atoms with Crippen molar-refractivity contribution in [2.75, 3.05) is 0 Å². The fraction of sp³-hybridized carbons (Fsp3) is 0.500. The lowest BCUT2D eigenvalue weighted by Gasteiger charge is -2.43. The molecule has 2 unspecified atom stereocenters. The first-order chi connectivity index (χ1) is 14.3. The molecule has 0 aromatic heterocycles. The lowest BCUT2D eigenvalue weighted by Crippen LogP contribution is -2.48. The molecule has 1 saturated carbocycles. The molecule has 0 spiro atoms. The van der Waals surface area contributed by atoms with Crippen LogP contribution < -0.4 is 5.73 Å². The minimum Gasteiger partial charge on any atom is -0.508 e. The van der Waals surface area contributed by atoms with Crippen molar-refractivity contribution in [3.05, 3.63) is 65.9 Å². The molecule has 1 amide bonds. The van der Waals surface area contributed by atoms with Gasteiger partial charge in [-0.3, -0.25) is 4.79 Å². The number of carbonyl (C=O) groups excluding carboxylic acids is 1. The van der Waals surface area contributed by atoms with Crippen molar-refractivity contribution in [1.82, 2.24) is 4.90 Å². The summed E-state index contributed by atoms with van der Waals surface area (Å²) >= 11 is 0. The van der Waals surface area contributed by atoms with Crippen LogP contribution in [0.4, 0.5) is 0 Å². The average molecular weight is 413 g/mol. The first-order valence-electron chi connectivity index (χ1n) is 11.2. The van der Waals surface area contributed by atoms with Crippen molar-refractivity contribution in [3.8, 4) is 5.75 Å². The fourth-order valence-corrected chi connectivity index (χ4v) is 3.70. The molecule has 1 aliphatic carbocycles. The second kappa shape index (κ2) is 12.9. The van der Waals surface area contributed by atoms with E-state index in [1.165, 1.54) is 5.57 Å². The zero-order valence-electron chi connectivity index (χ0n) is 19.4. The number of phenolic OH excluding ortho intramolecular Hbond substituents is 1. The van der Waals surface area contributed by atoms with Crippen molar-refractivity contribution in [3.63, 3.8) is 0 Å². The number of rotatable bonds is 5. The highest BCUT2D eigenvalue weighted by Crippen LogP contribution is 2.44. The van der Waals surface area contributed by atoms with E-state index in [1.807, 2.05) is 45.1 Å². The number of nitrogens with two attached hydrogens (primary N) is 1. The van der Waals surface area contributed by atoms with Gasteiger partial charge in [0.1, 0.15) is 11.8 Å². The summed E-state index contributed by atoms with van der Waals surface area (Å²) in [4.78, 5) is 14.1. The highest BCUT2D eigenvalue weighted by Gasteiger charge is 2.43. The molecule has 1 aromatic carbocycles. The summed E-state index contributed by atoms with van der Waals surface area (Å²) < 4.78 is 0. The van der Waals surface area contributed by atoms with E-state index in [-0.39, 0.29) is 23.7 Å². The molecular formula is C26H40N2O2. The Balaban J connectivity index is 0.000000428. The van der Waals surface area contributed by atoms with Gasteiger partial charge in [0, 0.05) is 5.70 Å². The van der Waals surface area contributed by atoms with Crippen LogP contribution in [0.1, 0.15) is 78.3 Å². The highest BCUT2D eigenvalue weighted by molar-refractivity contribution is 5.81. The number of aromatic hydroxyl groups is 1. The van der Waals surface area contributed by atoms with Gasteiger partial charge in [-0.15, -0.1) is 0 Å². The SMILES string of the molecule is C/C=C\C=C(C)C.C=C1CCCC(c2ccc(O)cc2)N1C(C(N)=O)C1CC1.CC. The number of piperidine rings is 1. The lowest BCUT2D eigenvalue weighted by molar-refractivity contribution is -0.124. The van der Waals surface area contributed by atoms with Crippen LogP contribution in [-0.4, -0.2) is 22.0 Å². The van der Waals surface area contributed by atoms with Crippen molar-refractivity contribution < 1.29 is 9.90 Å². The molecule has 0 radical (unpaired) electrons. The van der Waals surface area contributed by atoms with E-state index in [1.54, 1.807) is 12.1 Å². The van der Waals surface area contributed by atoms with Crippen molar-refractivity contribution in [2.45, 2.75) is 78.8 Å². The van der Waals surface area contributed by atoms with Crippen LogP contribution >= 0.6 is 0 Å². The van der Waals surface area contributed by atoms with E-state index >= 15 is 0 Å². The Morgan fingerprint density at radius 3 is 2.23 bits per heavy atom. The minimum atomic E-state index is -0.246. The van der Waals surface area contributed by atoms with E-state index < -0.39 is 0 Å². The standard InChI is InChI=1S/C17H22N2O2.C7H12.C2H6/c1-11-3-2-4-15(12-7-9-14(20)10-8-12)19(11)16(17(18)21)13-5-6-13;1-4-5-6-7(2)3;1-2/h7-10,13,15-16,20H,1-6H2,(H2,18,21);4-6H,1-3H3;1-2H3/b;5-4-;. The third kappa shape index (κ3) is 7.74. The quantitative estimate of drug-likeness (QED) is 0.562. The number of nitrogens with zero attached hydrogens (tertiary/aromatic N) is 1. The van der Waals surface area contributed by atoms with Gasteiger partial charge in [0.25, 0.3) is 0 Å². The Labute approximate surface area is 183 Å². The Kier molecular flexibility index (Phi) is 11.0. The van der Waals surface area contributed by atoms with E-state index in [2.05, 4.69) is 31.4 Å². The molecule has 2 fully saturated rings. The highest BCUT2D eigenvalue weighted by atomic mass is 16.3. The second-order valence-corrected chi connectivity index (χ2v) is 7.93. The number of benzene rings is 1. The largest absolute Gasteiger partial charge is 0.508 e. The Hall–Kier alpha value is -2.49. The van der Waals surface area contributed by atoms with Gasteiger partial charge in [-0.25, -0.2) is 0 Å². The summed E-state index contributed by atoms with van der Waals surface area (Å²) in [6.45, 7) is 14.4. The molecule has 3 N–H and O–H groups in total. The monoisotopic (exact) mass is 412 g/mol. The summed E-state index contributed by atoms with van der Waals surface area (Å²) in [5, 5.41) is 9.46. The molecule has 0 bridgehead atoms. The molecule has 1 aromatic rings. The van der Waals surface area contributed by atoms with Crippen LogP contribution in [-0.2, 0) is 4.79 Å². The summed E-state index contributed by atoms with van der Waals surface area (Å²) in [6.07, 6.45) is 11.3. The maximum atomic E-state index is 12.0. The maximum Gasteiger partial charge on any atom is 0.240 e. The van der Waals surface area contributed by atoms with E-state index in [9.17, 15) is 9.90 Å². The number of hydrogen-bond donors (Lipinski definition) is 2. The Bertz CT molecular complexity index is 726.